The minimum Gasteiger partial charge on any atom is -0.463 e. The topological polar surface area (TPSA) is 85.2 Å². The van der Waals surface area contributed by atoms with Crippen LogP contribution in [0.2, 0.25) is 0 Å². The Morgan fingerprint density at radius 3 is 2.30 bits per heavy atom. The molecule has 0 aliphatic heterocycles. The molecule has 0 saturated heterocycles. The fourth-order valence-corrected chi connectivity index (χ4v) is 2.95. The van der Waals surface area contributed by atoms with E-state index in [-0.39, 0.29) is 24.6 Å². The first-order valence-corrected chi connectivity index (χ1v) is 8.59. The number of esters is 1. The third-order valence-corrected chi connectivity index (χ3v) is 4.92. The van der Waals surface area contributed by atoms with Gasteiger partial charge >= 0.3 is 5.97 Å². The molecule has 0 unspecified atom stereocenters. The largest absolute Gasteiger partial charge is 0.463 e. The average molecular weight is 332 g/mol. The molecule has 6 nitrogen and oxygen atoms in total. The molecule has 0 radical (unpaired) electrons. The average Bonchev–Trinajstić information content (AvgIpc) is 2.93. The predicted octanol–water partition coefficient (Wildman–Crippen LogP) is 2.57. The van der Waals surface area contributed by atoms with Gasteiger partial charge in [0.05, 0.1) is 12.0 Å². The van der Waals surface area contributed by atoms with Gasteiger partial charge in [-0.15, -0.1) is 0 Å². The SMILES string of the molecule is CCC(C)(C)C(=O)OCCOOCCC1(CC(O)O)CCCC1. The first-order chi connectivity index (χ1) is 10.8. The molecule has 0 atom stereocenters. The lowest BCUT2D eigenvalue weighted by molar-refractivity contribution is -0.302. The minimum atomic E-state index is -1.27. The normalized spacial score (nSPS) is 17.7. The summed E-state index contributed by atoms with van der Waals surface area (Å²) in [6.07, 6.45) is 4.83. The molecule has 6 heteroatoms. The maximum absolute atomic E-state index is 11.7. The molecule has 0 heterocycles. The van der Waals surface area contributed by atoms with Crippen LogP contribution in [0, 0.1) is 10.8 Å². The van der Waals surface area contributed by atoms with E-state index in [0.29, 0.717) is 13.0 Å². The van der Waals surface area contributed by atoms with Crippen molar-refractivity contribution in [1.82, 2.24) is 0 Å². The second kappa shape index (κ2) is 9.57. The van der Waals surface area contributed by atoms with Crippen LogP contribution < -0.4 is 0 Å². The molecule has 0 aromatic rings. The number of carbonyl (C=O) groups is 1. The molecule has 0 aromatic heterocycles. The Balaban J connectivity index is 2.12. The molecule has 0 aromatic carbocycles. The molecule has 1 aliphatic carbocycles. The maximum Gasteiger partial charge on any atom is 0.311 e. The molecular formula is C17H32O6. The first-order valence-electron chi connectivity index (χ1n) is 8.59. The number of carbonyl (C=O) groups excluding carboxylic acids is 1. The molecule has 2 N–H and O–H groups in total. The highest BCUT2D eigenvalue weighted by Crippen LogP contribution is 2.44. The third kappa shape index (κ3) is 7.16. The van der Waals surface area contributed by atoms with Crippen LogP contribution >= 0.6 is 0 Å². The van der Waals surface area contributed by atoms with Gasteiger partial charge in [-0.25, -0.2) is 9.78 Å². The zero-order chi connectivity index (χ0) is 17.3. The molecule has 0 amide bonds. The summed E-state index contributed by atoms with van der Waals surface area (Å²) in [6.45, 7) is 6.42. The van der Waals surface area contributed by atoms with Gasteiger partial charge in [-0.3, -0.25) is 4.79 Å². The van der Waals surface area contributed by atoms with Crippen molar-refractivity contribution in [3.05, 3.63) is 0 Å². The Kier molecular flexibility index (Phi) is 8.47. The summed E-state index contributed by atoms with van der Waals surface area (Å²) >= 11 is 0. The van der Waals surface area contributed by atoms with Crippen LogP contribution in [0.4, 0.5) is 0 Å². The fourth-order valence-electron chi connectivity index (χ4n) is 2.95. The summed E-state index contributed by atoms with van der Waals surface area (Å²) in [6, 6.07) is 0. The van der Waals surface area contributed by atoms with Crippen molar-refractivity contribution in [2.75, 3.05) is 19.8 Å². The van der Waals surface area contributed by atoms with Crippen molar-refractivity contribution in [1.29, 1.82) is 0 Å². The summed E-state index contributed by atoms with van der Waals surface area (Å²) in [5.41, 5.74) is -0.518. The third-order valence-electron chi connectivity index (χ3n) is 4.92. The van der Waals surface area contributed by atoms with Gasteiger partial charge < -0.3 is 14.9 Å². The van der Waals surface area contributed by atoms with Gasteiger partial charge in [0, 0.05) is 6.42 Å². The first kappa shape index (κ1) is 20.4. The number of hydrogen-bond donors (Lipinski definition) is 2. The van der Waals surface area contributed by atoms with E-state index >= 15 is 0 Å². The van der Waals surface area contributed by atoms with E-state index < -0.39 is 11.7 Å². The summed E-state index contributed by atoms with van der Waals surface area (Å²) in [7, 11) is 0. The van der Waals surface area contributed by atoms with Crippen molar-refractivity contribution in [2.24, 2.45) is 10.8 Å². The van der Waals surface area contributed by atoms with Gasteiger partial charge in [0.2, 0.25) is 0 Å². The van der Waals surface area contributed by atoms with Crippen LogP contribution in [-0.2, 0) is 19.3 Å². The minimum absolute atomic E-state index is 0.0465. The molecule has 1 saturated carbocycles. The zero-order valence-electron chi connectivity index (χ0n) is 14.7. The smallest absolute Gasteiger partial charge is 0.311 e. The Morgan fingerprint density at radius 2 is 1.74 bits per heavy atom. The lowest BCUT2D eigenvalue weighted by atomic mass is 9.79. The summed E-state index contributed by atoms with van der Waals surface area (Å²) in [4.78, 5) is 21.9. The lowest BCUT2D eigenvalue weighted by Gasteiger charge is -2.29. The Hall–Kier alpha value is -0.690. The molecule has 0 spiro atoms. The number of hydrogen-bond acceptors (Lipinski definition) is 6. The van der Waals surface area contributed by atoms with Gasteiger partial charge in [0.15, 0.2) is 6.29 Å². The van der Waals surface area contributed by atoms with Crippen LogP contribution in [0.3, 0.4) is 0 Å². The molecule has 1 fully saturated rings. The van der Waals surface area contributed by atoms with Crippen molar-refractivity contribution < 1.29 is 29.5 Å². The Morgan fingerprint density at radius 1 is 1.13 bits per heavy atom. The van der Waals surface area contributed by atoms with Gasteiger partial charge in [-0.2, -0.15) is 0 Å². The standard InChI is InChI=1S/C17H32O6/c1-4-16(2,3)15(20)21-11-12-23-22-10-9-17(13-14(18)19)7-5-6-8-17/h14,18-19H,4-13H2,1-3H3. The van der Waals surface area contributed by atoms with E-state index in [4.69, 9.17) is 14.5 Å². The highest BCUT2D eigenvalue weighted by Gasteiger charge is 2.35. The van der Waals surface area contributed by atoms with Gasteiger partial charge in [-0.05, 0) is 44.9 Å². The van der Waals surface area contributed by atoms with Crippen molar-refractivity contribution in [3.8, 4) is 0 Å². The van der Waals surface area contributed by atoms with Crippen LogP contribution in [0.25, 0.3) is 0 Å². The van der Waals surface area contributed by atoms with E-state index in [9.17, 15) is 15.0 Å². The maximum atomic E-state index is 11.7. The zero-order valence-corrected chi connectivity index (χ0v) is 14.7. The van der Waals surface area contributed by atoms with E-state index in [1.54, 1.807) is 0 Å². The van der Waals surface area contributed by atoms with E-state index in [1.807, 2.05) is 20.8 Å². The predicted molar refractivity (Wildman–Crippen MR) is 85.3 cm³/mol. The highest BCUT2D eigenvalue weighted by atomic mass is 17.2. The van der Waals surface area contributed by atoms with Crippen LogP contribution in [0.15, 0.2) is 0 Å². The summed E-state index contributed by atoms with van der Waals surface area (Å²) in [5.74, 6) is -0.231. The molecule has 1 aliphatic rings. The van der Waals surface area contributed by atoms with E-state index in [1.165, 1.54) is 0 Å². The second-order valence-electron chi connectivity index (χ2n) is 7.16. The fraction of sp³-hybridized carbons (Fsp3) is 0.941. The Labute approximate surface area is 139 Å². The number of rotatable bonds is 11. The van der Waals surface area contributed by atoms with Gasteiger partial charge in [0.1, 0.15) is 13.2 Å². The number of aliphatic hydroxyl groups is 2. The van der Waals surface area contributed by atoms with Gasteiger partial charge in [0.25, 0.3) is 0 Å². The quantitative estimate of drug-likeness (QED) is 0.199. The van der Waals surface area contributed by atoms with E-state index in [2.05, 4.69) is 0 Å². The van der Waals surface area contributed by atoms with E-state index in [0.717, 1.165) is 38.5 Å². The van der Waals surface area contributed by atoms with Crippen molar-refractivity contribution in [3.63, 3.8) is 0 Å². The van der Waals surface area contributed by atoms with Gasteiger partial charge in [-0.1, -0.05) is 19.8 Å². The van der Waals surface area contributed by atoms with Crippen LogP contribution in [0.5, 0.6) is 0 Å². The monoisotopic (exact) mass is 332 g/mol. The van der Waals surface area contributed by atoms with Crippen LogP contribution in [0.1, 0.15) is 65.7 Å². The molecule has 1 rings (SSSR count). The number of ether oxygens (including phenoxy) is 1. The molecule has 136 valence electrons. The molecule has 23 heavy (non-hydrogen) atoms. The van der Waals surface area contributed by atoms with Crippen LogP contribution in [-0.4, -0.2) is 42.3 Å². The Bertz CT molecular complexity index is 347. The summed E-state index contributed by atoms with van der Waals surface area (Å²) in [5, 5.41) is 18.4. The second-order valence-corrected chi connectivity index (χ2v) is 7.16. The molecule has 0 bridgehead atoms. The highest BCUT2D eigenvalue weighted by molar-refractivity contribution is 5.75. The lowest BCUT2D eigenvalue weighted by Crippen LogP contribution is -2.27. The van der Waals surface area contributed by atoms with Crippen molar-refractivity contribution >= 4 is 5.97 Å². The molecular weight excluding hydrogens is 300 g/mol. The number of aliphatic hydroxyl groups excluding tert-OH is 1. The van der Waals surface area contributed by atoms with Crippen molar-refractivity contribution in [2.45, 2.75) is 72.0 Å². The summed E-state index contributed by atoms with van der Waals surface area (Å²) < 4.78 is 5.14.